The number of nitrogens with zero attached hydrogens (tertiary/aromatic N) is 4. The van der Waals surface area contributed by atoms with Gasteiger partial charge in [-0.25, -0.2) is 4.98 Å². The molecular weight excluding hydrogens is 853 g/mol. The summed E-state index contributed by atoms with van der Waals surface area (Å²) in [6.45, 7) is 35.3. The minimum absolute atomic E-state index is 0.0107. The average molecular weight is 927 g/mol. The maximum Gasteiger partial charge on any atom is 0.137 e. The van der Waals surface area contributed by atoms with E-state index in [4.69, 9.17) is 9.72 Å². The van der Waals surface area contributed by atoms with Crippen molar-refractivity contribution in [3.05, 3.63) is 196 Å². The zero-order valence-electron chi connectivity index (χ0n) is 44.5. The Bertz CT molecular complexity index is 3200. The Hall–Kier alpha value is -6.59. The van der Waals surface area contributed by atoms with Gasteiger partial charge in [-0.1, -0.05) is 183 Å². The highest BCUT2D eigenvalue weighted by molar-refractivity contribution is 6.12. The summed E-state index contributed by atoms with van der Waals surface area (Å²) in [4.78, 5) is 10.0. The Labute approximate surface area is 418 Å². The molecule has 0 aliphatic carbocycles. The van der Waals surface area contributed by atoms with Crippen molar-refractivity contribution >= 4 is 38.9 Å². The molecule has 0 fully saturated rings. The van der Waals surface area contributed by atoms with Gasteiger partial charge in [0.2, 0.25) is 0 Å². The molecule has 1 aliphatic rings. The summed E-state index contributed by atoms with van der Waals surface area (Å²) < 4.78 is 9.55. The van der Waals surface area contributed by atoms with Crippen LogP contribution in [0.4, 0.5) is 11.4 Å². The Morgan fingerprint density at radius 1 is 0.514 bits per heavy atom. The van der Waals surface area contributed by atoms with Crippen molar-refractivity contribution in [2.45, 2.75) is 137 Å². The van der Waals surface area contributed by atoms with E-state index in [1.165, 1.54) is 66.7 Å². The van der Waals surface area contributed by atoms with Crippen LogP contribution in [0.15, 0.2) is 152 Å². The molecule has 1 aliphatic heterocycles. The lowest BCUT2D eigenvalue weighted by molar-refractivity contribution is 0.481. The Kier molecular flexibility index (Phi) is 12.4. The molecule has 0 saturated carbocycles. The summed E-state index contributed by atoms with van der Waals surface area (Å²) in [5.41, 5.74) is 15.6. The first-order chi connectivity index (χ1) is 33.0. The second-order valence-corrected chi connectivity index (χ2v) is 23.9. The zero-order chi connectivity index (χ0) is 50.1. The fourth-order valence-corrected chi connectivity index (χ4v) is 10.3. The van der Waals surface area contributed by atoms with Crippen LogP contribution < -0.4 is 14.5 Å². The quantitative estimate of drug-likeness (QED) is 0.137. The van der Waals surface area contributed by atoms with Gasteiger partial charge >= 0.3 is 0 Å². The number of pyridine rings is 1. The molecule has 0 spiro atoms. The first-order valence-electron chi connectivity index (χ1n) is 25.4. The van der Waals surface area contributed by atoms with Crippen molar-refractivity contribution in [3.8, 4) is 17.3 Å². The first kappa shape index (κ1) is 48.4. The van der Waals surface area contributed by atoms with Crippen LogP contribution in [0.5, 0.6) is 11.5 Å². The molecule has 70 heavy (non-hydrogen) atoms. The van der Waals surface area contributed by atoms with Gasteiger partial charge in [-0.2, -0.15) is 0 Å². The van der Waals surface area contributed by atoms with Gasteiger partial charge in [-0.05, 0) is 116 Å². The number of benzene rings is 6. The minimum Gasteiger partial charge on any atom is -0.457 e. The third-order valence-electron chi connectivity index (χ3n) is 14.6. The molecule has 0 atom stereocenters. The Balaban J connectivity index is 1.22. The number of hydrogen-bond donors (Lipinski definition) is 0. The normalized spacial score (nSPS) is 13.9. The van der Waals surface area contributed by atoms with Crippen molar-refractivity contribution in [3.63, 3.8) is 0 Å². The molecule has 0 bridgehead atoms. The van der Waals surface area contributed by atoms with E-state index in [2.05, 4.69) is 264 Å². The predicted octanol–water partition coefficient (Wildman–Crippen LogP) is 17.7. The average Bonchev–Trinajstić information content (AvgIpc) is 3.91. The van der Waals surface area contributed by atoms with Crippen LogP contribution in [0.2, 0.25) is 0 Å². The van der Waals surface area contributed by atoms with Crippen LogP contribution in [-0.4, -0.2) is 16.2 Å². The van der Waals surface area contributed by atoms with E-state index in [0.717, 1.165) is 34.0 Å². The van der Waals surface area contributed by atoms with E-state index in [1.807, 2.05) is 6.20 Å². The highest BCUT2D eigenvalue weighted by Crippen LogP contribution is 2.47. The maximum atomic E-state index is 7.21. The summed E-state index contributed by atoms with van der Waals surface area (Å²) in [6, 6.07) is 51.3. The lowest BCUT2D eigenvalue weighted by Gasteiger charge is -2.30. The van der Waals surface area contributed by atoms with Crippen molar-refractivity contribution < 1.29 is 4.74 Å². The number of aromatic nitrogens is 2. The highest BCUT2D eigenvalue weighted by Gasteiger charge is 2.33. The van der Waals surface area contributed by atoms with Gasteiger partial charge in [0.1, 0.15) is 17.3 Å². The van der Waals surface area contributed by atoms with Crippen molar-refractivity contribution in [1.29, 1.82) is 0 Å². The molecule has 0 unspecified atom stereocenters. The van der Waals surface area contributed by atoms with E-state index in [-0.39, 0.29) is 21.7 Å². The molecule has 9 rings (SSSR count). The predicted molar refractivity (Wildman–Crippen MR) is 299 cm³/mol. The number of hydrogen-bond acceptors (Lipinski definition) is 4. The van der Waals surface area contributed by atoms with Crippen molar-refractivity contribution in [2.24, 2.45) is 0 Å². The molecule has 0 amide bonds. The minimum atomic E-state index is -0.371. The van der Waals surface area contributed by atoms with Gasteiger partial charge in [0.15, 0.2) is 0 Å². The number of rotatable bonds is 10. The first-order valence-corrected chi connectivity index (χ1v) is 25.4. The molecule has 0 radical (unpaired) electrons. The van der Waals surface area contributed by atoms with Crippen LogP contribution in [0, 0.1) is 0 Å². The standard InChI is InChI=1S/C65H74N4O/c1-42(2)52-28-22-29-53(43(3)4)60(52)58-40-67(49-34-46(63(8,9)10)33-47(35-49)64(11,12)13)41-68(58)48-25-21-26-50(37-48)70-51-38-55(65(14,15)44-23-17-16-18-24-44)61-54-27-19-20-30-56(54)69(57(61)39-51)59-36-45(31-32-66-59)62(5,6)7/h16-40,42-43H,41H2,1-15H3. The van der Waals surface area contributed by atoms with Gasteiger partial charge in [0, 0.05) is 57.7 Å². The molecule has 360 valence electrons. The summed E-state index contributed by atoms with van der Waals surface area (Å²) in [5.74, 6) is 3.12. The van der Waals surface area contributed by atoms with Gasteiger partial charge < -0.3 is 14.5 Å². The number of fused-ring (bicyclic) bond motifs is 3. The maximum absolute atomic E-state index is 7.21. The monoisotopic (exact) mass is 927 g/mol. The summed E-state index contributed by atoms with van der Waals surface area (Å²) in [7, 11) is 0. The van der Waals surface area contributed by atoms with Crippen LogP contribution >= 0.6 is 0 Å². The Morgan fingerprint density at radius 2 is 1.13 bits per heavy atom. The van der Waals surface area contributed by atoms with Crippen LogP contribution in [0.3, 0.4) is 0 Å². The SMILES string of the molecule is CC(C)c1cccc(C(C)C)c1C1=CN(c2cc(C(C)(C)C)cc(C(C)(C)C)c2)CN1c1cccc(Oc2cc(C(C)(C)c3ccccc3)c3c4ccccc4n(-c4cc(C(C)(C)C)ccn4)c3c2)c1. The number of para-hydroxylation sites is 1. The molecule has 6 aromatic carbocycles. The molecule has 8 aromatic rings. The third kappa shape index (κ3) is 9.16. The fourth-order valence-electron chi connectivity index (χ4n) is 10.3. The molecule has 3 heterocycles. The van der Waals surface area contributed by atoms with Gasteiger partial charge in [0.25, 0.3) is 0 Å². The van der Waals surface area contributed by atoms with Crippen molar-refractivity contribution in [1.82, 2.24) is 9.55 Å². The smallest absolute Gasteiger partial charge is 0.137 e. The second-order valence-electron chi connectivity index (χ2n) is 23.9. The largest absolute Gasteiger partial charge is 0.457 e. The van der Waals surface area contributed by atoms with Gasteiger partial charge in [-0.3, -0.25) is 4.57 Å². The zero-order valence-corrected chi connectivity index (χ0v) is 44.5. The fraction of sp³-hybridized carbons (Fsp3) is 0.338. The molecule has 0 saturated heterocycles. The van der Waals surface area contributed by atoms with E-state index in [1.54, 1.807) is 0 Å². The van der Waals surface area contributed by atoms with Gasteiger partial charge in [-0.15, -0.1) is 0 Å². The number of ether oxygens (including phenoxy) is 1. The highest BCUT2D eigenvalue weighted by atomic mass is 16.5. The second kappa shape index (κ2) is 18.0. The van der Waals surface area contributed by atoms with E-state index >= 15 is 0 Å². The van der Waals surface area contributed by atoms with Crippen LogP contribution in [0.25, 0.3) is 33.3 Å². The Morgan fingerprint density at radius 3 is 1.76 bits per heavy atom. The third-order valence-corrected chi connectivity index (χ3v) is 14.6. The lowest BCUT2D eigenvalue weighted by atomic mass is 9.76. The molecule has 2 aromatic heterocycles. The summed E-state index contributed by atoms with van der Waals surface area (Å²) in [6.07, 6.45) is 4.36. The van der Waals surface area contributed by atoms with Gasteiger partial charge in [0.05, 0.1) is 23.4 Å². The number of anilines is 2. The van der Waals surface area contributed by atoms with Crippen LogP contribution in [0.1, 0.15) is 160 Å². The summed E-state index contributed by atoms with van der Waals surface area (Å²) >= 11 is 0. The van der Waals surface area contributed by atoms with Crippen molar-refractivity contribution in [2.75, 3.05) is 16.5 Å². The molecule has 5 heteroatoms. The van der Waals surface area contributed by atoms with E-state index in [0.29, 0.717) is 18.5 Å². The topological polar surface area (TPSA) is 33.5 Å². The molecular formula is C65H74N4O. The van der Waals surface area contributed by atoms with E-state index in [9.17, 15) is 0 Å². The molecule has 0 N–H and O–H groups in total. The van der Waals surface area contributed by atoms with Crippen LogP contribution in [-0.2, 0) is 21.7 Å². The van der Waals surface area contributed by atoms with E-state index < -0.39 is 0 Å². The molecule has 5 nitrogen and oxygen atoms in total. The summed E-state index contributed by atoms with van der Waals surface area (Å²) in [5, 5.41) is 2.39. The lowest BCUT2D eigenvalue weighted by Crippen LogP contribution is -2.27.